The maximum absolute atomic E-state index is 12.1. The molecule has 1 amide bonds. The Morgan fingerprint density at radius 1 is 1.33 bits per heavy atom. The van der Waals surface area contributed by atoms with Gasteiger partial charge in [-0.05, 0) is 60.1 Å². The average Bonchev–Trinajstić information content (AvgIpc) is 2.74. The van der Waals surface area contributed by atoms with Gasteiger partial charge < -0.3 is 4.90 Å². The van der Waals surface area contributed by atoms with Crippen LogP contribution < -0.4 is 0 Å². The summed E-state index contributed by atoms with van der Waals surface area (Å²) in [5, 5.41) is 0. The highest BCUT2D eigenvalue weighted by Crippen LogP contribution is 2.19. The van der Waals surface area contributed by atoms with Crippen LogP contribution in [-0.4, -0.2) is 23.9 Å². The number of halogens is 1. The Balaban J connectivity index is 2.28. The van der Waals surface area contributed by atoms with Gasteiger partial charge in [0.2, 0.25) is 0 Å². The van der Waals surface area contributed by atoms with E-state index in [1.807, 2.05) is 30.0 Å². The largest absolute Gasteiger partial charge is 0.339 e. The number of carbonyl (C=O) groups is 1. The number of carbonyl (C=O) groups excluding carboxylic acids is 1. The second-order valence-corrected chi connectivity index (χ2v) is 5.07. The van der Waals surface area contributed by atoms with E-state index in [0.717, 1.165) is 40.6 Å². The molecule has 1 aromatic rings. The molecule has 1 aliphatic heterocycles. The molecule has 0 saturated carbocycles. The number of amides is 1. The Bertz CT molecular complexity index is 383. The van der Waals surface area contributed by atoms with Gasteiger partial charge in [-0.25, -0.2) is 0 Å². The van der Waals surface area contributed by atoms with Gasteiger partial charge in [0, 0.05) is 22.2 Å². The van der Waals surface area contributed by atoms with Crippen molar-refractivity contribution in [1.29, 1.82) is 0 Å². The zero-order valence-electron chi connectivity index (χ0n) is 8.79. The molecule has 0 radical (unpaired) electrons. The van der Waals surface area contributed by atoms with E-state index in [1.54, 1.807) is 0 Å². The van der Waals surface area contributed by atoms with Crippen molar-refractivity contribution >= 4 is 28.5 Å². The molecule has 2 rings (SSSR count). The van der Waals surface area contributed by atoms with Crippen molar-refractivity contribution in [2.24, 2.45) is 0 Å². The van der Waals surface area contributed by atoms with E-state index >= 15 is 0 Å². The van der Waals surface area contributed by atoms with Gasteiger partial charge in [0.25, 0.3) is 5.91 Å². The molecule has 1 fully saturated rings. The molecule has 0 aromatic heterocycles. The van der Waals surface area contributed by atoms with Gasteiger partial charge in [-0.2, -0.15) is 0 Å². The molecule has 15 heavy (non-hydrogen) atoms. The monoisotopic (exact) mass is 315 g/mol. The zero-order chi connectivity index (χ0) is 10.8. The second-order valence-electron chi connectivity index (χ2n) is 3.91. The summed E-state index contributed by atoms with van der Waals surface area (Å²) in [6, 6.07) is 5.92. The number of likely N-dealkylation sites (tertiary alicyclic amines) is 1. The van der Waals surface area contributed by atoms with Gasteiger partial charge >= 0.3 is 0 Å². The van der Waals surface area contributed by atoms with Crippen molar-refractivity contribution in [2.75, 3.05) is 13.1 Å². The fourth-order valence-electron chi connectivity index (χ4n) is 1.93. The van der Waals surface area contributed by atoms with Crippen LogP contribution in [0, 0.1) is 10.5 Å². The van der Waals surface area contributed by atoms with E-state index in [4.69, 9.17) is 0 Å². The highest BCUT2D eigenvalue weighted by Gasteiger charge is 2.20. The van der Waals surface area contributed by atoms with Gasteiger partial charge in [0.1, 0.15) is 0 Å². The molecule has 0 atom stereocenters. The second kappa shape index (κ2) is 4.51. The highest BCUT2D eigenvalue weighted by atomic mass is 127. The van der Waals surface area contributed by atoms with Crippen LogP contribution >= 0.6 is 22.6 Å². The van der Waals surface area contributed by atoms with Gasteiger partial charge in [-0.1, -0.05) is 6.07 Å². The summed E-state index contributed by atoms with van der Waals surface area (Å²) in [7, 11) is 0. The van der Waals surface area contributed by atoms with Crippen molar-refractivity contribution in [3.8, 4) is 0 Å². The highest BCUT2D eigenvalue weighted by molar-refractivity contribution is 14.1. The van der Waals surface area contributed by atoms with Crippen LogP contribution in [0.2, 0.25) is 0 Å². The van der Waals surface area contributed by atoms with Gasteiger partial charge in [0.05, 0.1) is 0 Å². The molecule has 0 bridgehead atoms. The van der Waals surface area contributed by atoms with Crippen molar-refractivity contribution in [2.45, 2.75) is 19.8 Å². The lowest BCUT2D eigenvalue weighted by atomic mass is 10.1. The third kappa shape index (κ3) is 2.17. The lowest BCUT2D eigenvalue weighted by Gasteiger charge is -2.17. The predicted octanol–water partition coefficient (Wildman–Crippen LogP) is 2.84. The Kier molecular flexibility index (Phi) is 3.29. The normalized spacial score (nSPS) is 15.7. The summed E-state index contributed by atoms with van der Waals surface area (Å²) in [6.07, 6.45) is 2.30. The summed E-state index contributed by atoms with van der Waals surface area (Å²) in [6.45, 7) is 3.86. The average molecular weight is 315 g/mol. The molecule has 1 saturated heterocycles. The zero-order valence-corrected chi connectivity index (χ0v) is 11.0. The summed E-state index contributed by atoms with van der Waals surface area (Å²) in [5.41, 5.74) is 1.97. The molecular formula is C12H14INO. The van der Waals surface area contributed by atoms with E-state index in [9.17, 15) is 4.79 Å². The first-order valence-electron chi connectivity index (χ1n) is 5.24. The first-order valence-corrected chi connectivity index (χ1v) is 6.32. The van der Waals surface area contributed by atoms with Crippen LogP contribution in [0.3, 0.4) is 0 Å². The van der Waals surface area contributed by atoms with Crippen LogP contribution in [0.4, 0.5) is 0 Å². The SMILES string of the molecule is Cc1c(I)cccc1C(=O)N1CCCC1. The third-order valence-corrected chi connectivity index (χ3v) is 4.06. The molecule has 0 N–H and O–H groups in total. The van der Waals surface area contributed by atoms with Gasteiger partial charge in [-0.15, -0.1) is 0 Å². The summed E-state index contributed by atoms with van der Waals surface area (Å²) < 4.78 is 1.16. The van der Waals surface area contributed by atoms with Crippen LogP contribution in [0.1, 0.15) is 28.8 Å². The molecular weight excluding hydrogens is 301 g/mol. The lowest BCUT2D eigenvalue weighted by Crippen LogP contribution is -2.28. The standard InChI is InChI=1S/C12H14INO/c1-9-10(5-4-6-11(9)13)12(15)14-7-2-3-8-14/h4-6H,2-3,7-8H2,1H3. The third-order valence-electron chi connectivity index (χ3n) is 2.89. The van der Waals surface area contributed by atoms with Crippen LogP contribution in [-0.2, 0) is 0 Å². The van der Waals surface area contributed by atoms with E-state index in [-0.39, 0.29) is 5.91 Å². The molecule has 1 aromatic carbocycles. The molecule has 1 heterocycles. The van der Waals surface area contributed by atoms with Crippen LogP contribution in [0.5, 0.6) is 0 Å². The number of benzene rings is 1. The number of nitrogens with zero attached hydrogens (tertiary/aromatic N) is 1. The van der Waals surface area contributed by atoms with Crippen molar-refractivity contribution in [3.05, 3.63) is 32.9 Å². The minimum Gasteiger partial charge on any atom is -0.339 e. The Hall–Kier alpha value is -0.580. The Morgan fingerprint density at radius 2 is 2.00 bits per heavy atom. The lowest BCUT2D eigenvalue weighted by molar-refractivity contribution is 0.0792. The van der Waals surface area contributed by atoms with Crippen LogP contribution in [0.25, 0.3) is 0 Å². The number of rotatable bonds is 1. The fraction of sp³-hybridized carbons (Fsp3) is 0.417. The molecule has 80 valence electrons. The minimum absolute atomic E-state index is 0.198. The molecule has 0 unspecified atom stereocenters. The fourth-order valence-corrected chi connectivity index (χ4v) is 2.43. The molecule has 2 nitrogen and oxygen atoms in total. The number of hydrogen-bond acceptors (Lipinski definition) is 1. The smallest absolute Gasteiger partial charge is 0.254 e. The molecule has 0 aliphatic carbocycles. The van der Waals surface area contributed by atoms with E-state index in [2.05, 4.69) is 22.6 Å². The van der Waals surface area contributed by atoms with Gasteiger partial charge in [-0.3, -0.25) is 4.79 Å². The summed E-state index contributed by atoms with van der Waals surface area (Å²) in [5.74, 6) is 0.198. The summed E-state index contributed by atoms with van der Waals surface area (Å²) in [4.78, 5) is 14.1. The van der Waals surface area contributed by atoms with Crippen molar-refractivity contribution < 1.29 is 4.79 Å². The Morgan fingerprint density at radius 3 is 2.67 bits per heavy atom. The number of hydrogen-bond donors (Lipinski definition) is 0. The van der Waals surface area contributed by atoms with Crippen molar-refractivity contribution in [1.82, 2.24) is 4.90 Å². The van der Waals surface area contributed by atoms with Crippen LogP contribution in [0.15, 0.2) is 18.2 Å². The van der Waals surface area contributed by atoms with E-state index in [1.165, 1.54) is 0 Å². The van der Waals surface area contributed by atoms with E-state index in [0.29, 0.717) is 0 Å². The minimum atomic E-state index is 0.198. The maximum Gasteiger partial charge on any atom is 0.254 e. The molecule has 1 aliphatic rings. The van der Waals surface area contributed by atoms with Crippen molar-refractivity contribution in [3.63, 3.8) is 0 Å². The quantitative estimate of drug-likeness (QED) is 0.730. The maximum atomic E-state index is 12.1. The predicted molar refractivity (Wildman–Crippen MR) is 69.0 cm³/mol. The summed E-state index contributed by atoms with van der Waals surface area (Å²) >= 11 is 2.28. The van der Waals surface area contributed by atoms with Gasteiger partial charge in [0.15, 0.2) is 0 Å². The topological polar surface area (TPSA) is 20.3 Å². The Labute approximate surface area is 104 Å². The first kappa shape index (κ1) is 10.9. The first-order chi connectivity index (χ1) is 7.20. The molecule has 3 heteroatoms. The molecule has 0 spiro atoms. The van der Waals surface area contributed by atoms with E-state index < -0.39 is 0 Å².